The van der Waals surface area contributed by atoms with E-state index in [1.165, 1.54) is 0 Å². The lowest BCUT2D eigenvalue weighted by Gasteiger charge is -2.25. The van der Waals surface area contributed by atoms with Gasteiger partial charge in [0.1, 0.15) is 16.4 Å². The fourth-order valence-electron chi connectivity index (χ4n) is 2.33. The largest absolute Gasteiger partial charge is 0.492 e. The number of ether oxygens (including phenoxy) is 4. The Morgan fingerprint density at radius 1 is 1.14 bits per heavy atom. The molecule has 118 valence electrons. The first-order valence-electron chi connectivity index (χ1n) is 7.07. The molecular formula is C15H22O5S. The molecule has 1 aromatic rings. The number of rotatable bonds is 6. The van der Waals surface area contributed by atoms with E-state index in [0.29, 0.717) is 42.8 Å². The fourth-order valence-corrected chi connectivity index (χ4v) is 3.13. The van der Waals surface area contributed by atoms with Gasteiger partial charge in [-0.05, 0) is 32.9 Å². The van der Waals surface area contributed by atoms with Crippen LogP contribution in [0.4, 0.5) is 0 Å². The summed E-state index contributed by atoms with van der Waals surface area (Å²) in [4.78, 5) is 0.573. The highest BCUT2D eigenvalue weighted by molar-refractivity contribution is 7.84. The molecule has 1 aliphatic rings. The molecule has 6 heteroatoms. The minimum atomic E-state index is -1.21. The van der Waals surface area contributed by atoms with Crippen molar-refractivity contribution in [1.29, 1.82) is 0 Å². The molecule has 0 aliphatic carbocycles. The van der Waals surface area contributed by atoms with E-state index in [9.17, 15) is 4.21 Å². The fraction of sp³-hybridized carbons (Fsp3) is 0.600. The third-order valence-electron chi connectivity index (χ3n) is 3.27. The second-order valence-electron chi connectivity index (χ2n) is 4.76. The maximum atomic E-state index is 12.0. The van der Waals surface area contributed by atoms with E-state index < -0.39 is 16.6 Å². The van der Waals surface area contributed by atoms with Gasteiger partial charge in [0, 0.05) is 11.8 Å². The van der Waals surface area contributed by atoms with E-state index in [1.54, 1.807) is 6.26 Å². The quantitative estimate of drug-likeness (QED) is 0.807. The van der Waals surface area contributed by atoms with Crippen LogP contribution >= 0.6 is 0 Å². The summed E-state index contributed by atoms with van der Waals surface area (Å²) in [5, 5.41) is 0. The maximum absolute atomic E-state index is 12.0. The molecule has 0 bridgehead atoms. The van der Waals surface area contributed by atoms with Crippen LogP contribution in [0.15, 0.2) is 17.0 Å². The smallest absolute Gasteiger partial charge is 0.192 e. The zero-order valence-electron chi connectivity index (χ0n) is 12.9. The Hall–Kier alpha value is -1.11. The van der Waals surface area contributed by atoms with Crippen molar-refractivity contribution in [1.82, 2.24) is 0 Å². The molecule has 0 aromatic heterocycles. The van der Waals surface area contributed by atoms with Crippen LogP contribution < -0.4 is 9.47 Å². The summed E-state index contributed by atoms with van der Waals surface area (Å²) in [6.45, 7) is 7.70. The lowest BCUT2D eigenvalue weighted by atomic mass is 10.1. The predicted octanol–water partition coefficient (Wildman–Crippen LogP) is 2.44. The Balaban J connectivity index is 2.55. The minimum Gasteiger partial charge on any atom is -0.492 e. The molecule has 2 rings (SSSR count). The average Bonchev–Trinajstić information content (AvgIpc) is 2.87. The Bertz CT molecular complexity index is 496. The Morgan fingerprint density at radius 2 is 1.62 bits per heavy atom. The number of hydrogen-bond acceptors (Lipinski definition) is 5. The van der Waals surface area contributed by atoms with Crippen LogP contribution in [0.1, 0.15) is 26.3 Å². The zero-order valence-corrected chi connectivity index (χ0v) is 13.7. The van der Waals surface area contributed by atoms with E-state index in [4.69, 9.17) is 18.9 Å². The lowest BCUT2D eigenvalue weighted by molar-refractivity contribution is -0.150. The van der Waals surface area contributed by atoms with Crippen LogP contribution in [0.5, 0.6) is 11.5 Å². The Morgan fingerprint density at radius 3 is 2.00 bits per heavy atom. The maximum Gasteiger partial charge on any atom is 0.192 e. The van der Waals surface area contributed by atoms with E-state index in [2.05, 4.69) is 0 Å². The monoisotopic (exact) mass is 314 g/mol. The predicted molar refractivity (Wildman–Crippen MR) is 80.4 cm³/mol. The molecule has 0 radical (unpaired) electrons. The van der Waals surface area contributed by atoms with Gasteiger partial charge >= 0.3 is 0 Å². The van der Waals surface area contributed by atoms with Gasteiger partial charge in [-0.1, -0.05) is 0 Å². The van der Waals surface area contributed by atoms with E-state index in [-0.39, 0.29) is 0 Å². The van der Waals surface area contributed by atoms with Gasteiger partial charge in [-0.25, -0.2) is 0 Å². The molecule has 0 N–H and O–H groups in total. The molecular weight excluding hydrogens is 292 g/mol. The van der Waals surface area contributed by atoms with E-state index in [1.807, 2.05) is 32.9 Å². The van der Waals surface area contributed by atoms with Crippen LogP contribution in [0.2, 0.25) is 0 Å². The third kappa shape index (κ3) is 3.39. The average molecular weight is 314 g/mol. The molecule has 1 aromatic carbocycles. The van der Waals surface area contributed by atoms with Crippen molar-refractivity contribution in [2.75, 3.05) is 32.7 Å². The van der Waals surface area contributed by atoms with Crippen LogP contribution in [0.25, 0.3) is 0 Å². The van der Waals surface area contributed by atoms with Crippen LogP contribution in [-0.2, 0) is 26.1 Å². The highest BCUT2D eigenvalue weighted by atomic mass is 32.2. The first-order chi connectivity index (χ1) is 10.0. The molecule has 1 fully saturated rings. The van der Waals surface area contributed by atoms with E-state index in [0.717, 1.165) is 5.56 Å². The standard InChI is InChI=1S/C15H22O5S/c1-5-17-12-9-11(15(3)19-7-8-20-15)10-13(18-6-2)14(12)21(4)16/h9-10H,5-8H2,1-4H3. The molecule has 21 heavy (non-hydrogen) atoms. The summed E-state index contributed by atoms with van der Waals surface area (Å²) in [7, 11) is -1.21. The SMILES string of the molecule is CCOc1cc(C2(C)OCCO2)cc(OCC)c1S(C)=O. The Labute approximate surface area is 128 Å². The third-order valence-corrected chi connectivity index (χ3v) is 4.25. The van der Waals surface area contributed by atoms with Crippen molar-refractivity contribution in [2.45, 2.75) is 31.5 Å². The first-order valence-corrected chi connectivity index (χ1v) is 8.63. The van der Waals surface area contributed by atoms with Crippen molar-refractivity contribution in [3.8, 4) is 11.5 Å². The van der Waals surface area contributed by atoms with Crippen molar-refractivity contribution < 1.29 is 23.2 Å². The second kappa shape index (κ2) is 6.77. The molecule has 1 saturated heterocycles. The molecule has 1 aliphatic heterocycles. The van der Waals surface area contributed by atoms with Gasteiger partial charge in [0.2, 0.25) is 0 Å². The van der Waals surface area contributed by atoms with Crippen molar-refractivity contribution >= 4 is 10.8 Å². The summed E-state index contributed by atoms with van der Waals surface area (Å²) in [6, 6.07) is 3.65. The van der Waals surface area contributed by atoms with E-state index >= 15 is 0 Å². The summed E-state index contributed by atoms with van der Waals surface area (Å²) in [5.41, 5.74) is 0.807. The molecule has 1 unspecified atom stereocenters. The van der Waals surface area contributed by atoms with Gasteiger partial charge in [0.15, 0.2) is 5.79 Å². The molecule has 1 atom stereocenters. The van der Waals surface area contributed by atoms with Crippen LogP contribution in [0, 0.1) is 0 Å². The van der Waals surface area contributed by atoms with Gasteiger partial charge < -0.3 is 18.9 Å². The molecule has 1 heterocycles. The van der Waals surface area contributed by atoms with Crippen molar-refractivity contribution in [2.24, 2.45) is 0 Å². The summed E-state index contributed by atoms with van der Waals surface area (Å²) in [5.74, 6) is 0.296. The molecule has 5 nitrogen and oxygen atoms in total. The minimum absolute atomic E-state index is 0.484. The summed E-state index contributed by atoms with van der Waals surface area (Å²) >= 11 is 0. The lowest BCUT2D eigenvalue weighted by Crippen LogP contribution is -2.23. The second-order valence-corrected chi connectivity index (χ2v) is 6.08. The number of benzene rings is 1. The van der Waals surface area contributed by atoms with Crippen molar-refractivity contribution in [3.63, 3.8) is 0 Å². The number of hydrogen-bond donors (Lipinski definition) is 0. The van der Waals surface area contributed by atoms with Crippen LogP contribution in [0.3, 0.4) is 0 Å². The summed E-state index contributed by atoms with van der Waals surface area (Å²) < 4.78 is 34.7. The molecule has 0 spiro atoms. The van der Waals surface area contributed by atoms with Crippen LogP contribution in [-0.4, -0.2) is 36.9 Å². The highest BCUT2D eigenvalue weighted by Crippen LogP contribution is 2.40. The summed E-state index contributed by atoms with van der Waals surface area (Å²) in [6.07, 6.45) is 1.62. The van der Waals surface area contributed by atoms with Gasteiger partial charge in [0.25, 0.3) is 0 Å². The van der Waals surface area contributed by atoms with Crippen molar-refractivity contribution in [3.05, 3.63) is 17.7 Å². The Kier molecular flexibility index (Phi) is 5.24. The topological polar surface area (TPSA) is 54.0 Å². The normalized spacial score (nSPS) is 18.5. The molecule has 0 amide bonds. The zero-order chi connectivity index (χ0) is 15.5. The molecule has 0 saturated carbocycles. The first kappa shape index (κ1) is 16.3. The van der Waals surface area contributed by atoms with Gasteiger partial charge in [-0.2, -0.15) is 0 Å². The van der Waals surface area contributed by atoms with Gasteiger partial charge in [0.05, 0.1) is 37.2 Å². The highest BCUT2D eigenvalue weighted by Gasteiger charge is 2.35. The van der Waals surface area contributed by atoms with Gasteiger partial charge in [-0.15, -0.1) is 0 Å². The van der Waals surface area contributed by atoms with Gasteiger partial charge in [-0.3, -0.25) is 4.21 Å².